The molecule has 0 bridgehead atoms. The van der Waals surface area contributed by atoms with E-state index >= 15 is 0 Å². The van der Waals surface area contributed by atoms with E-state index in [1.165, 1.54) is 6.92 Å². The van der Waals surface area contributed by atoms with E-state index in [-0.39, 0.29) is 34.5 Å². The Morgan fingerprint density at radius 1 is 1.45 bits per heavy atom. The van der Waals surface area contributed by atoms with E-state index < -0.39 is 4.92 Å². The number of aryl methyl sites for hydroxylation is 1. The summed E-state index contributed by atoms with van der Waals surface area (Å²) in [6.07, 6.45) is 3.94. The zero-order chi connectivity index (χ0) is 14.8. The summed E-state index contributed by atoms with van der Waals surface area (Å²) in [5, 5.41) is 23.6. The van der Waals surface area contributed by atoms with Crippen LogP contribution in [0.2, 0.25) is 5.28 Å². The van der Waals surface area contributed by atoms with Crippen LogP contribution in [0.15, 0.2) is 0 Å². The first kappa shape index (κ1) is 14.9. The predicted octanol–water partition coefficient (Wildman–Crippen LogP) is 2.31. The van der Waals surface area contributed by atoms with E-state index in [4.69, 9.17) is 11.6 Å². The van der Waals surface area contributed by atoms with Crippen molar-refractivity contribution in [3.05, 3.63) is 21.1 Å². The molecule has 0 saturated heterocycles. The Balaban J connectivity index is 2.22. The number of aliphatic hydroxyl groups is 1. The molecule has 0 radical (unpaired) electrons. The quantitative estimate of drug-likeness (QED) is 0.491. The van der Waals surface area contributed by atoms with Crippen LogP contribution in [0.5, 0.6) is 0 Å². The summed E-state index contributed by atoms with van der Waals surface area (Å²) in [5.41, 5.74) is -0.165. The molecule has 0 unspecified atom stereocenters. The van der Waals surface area contributed by atoms with Crippen LogP contribution in [-0.4, -0.2) is 33.1 Å². The van der Waals surface area contributed by atoms with Gasteiger partial charge in [-0.15, -0.1) is 0 Å². The van der Waals surface area contributed by atoms with Crippen molar-refractivity contribution in [3.63, 3.8) is 0 Å². The van der Waals surface area contributed by atoms with Crippen molar-refractivity contribution in [2.75, 3.05) is 18.5 Å². The number of halogens is 1. The fraction of sp³-hybridized carbons (Fsp3) is 0.667. The van der Waals surface area contributed by atoms with Crippen molar-refractivity contribution in [3.8, 4) is 0 Å². The highest BCUT2D eigenvalue weighted by Gasteiger charge is 2.34. The third-order valence-electron chi connectivity index (χ3n) is 3.84. The van der Waals surface area contributed by atoms with E-state index in [1.807, 2.05) is 0 Å². The van der Waals surface area contributed by atoms with Crippen molar-refractivity contribution >= 4 is 23.1 Å². The summed E-state index contributed by atoms with van der Waals surface area (Å²) in [7, 11) is 0. The molecule has 1 fully saturated rings. The molecular weight excluding hydrogens is 284 g/mol. The summed E-state index contributed by atoms with van der Waals surface area (Å²) in [6, 6.07) is 0. The van der Waals surface area contributed by atoms with Gasteiger partial charge in [0.2, 0.25) is 11.1 Å². The topological polar surface area (TPSA) is 101 Å². The summed E-state index contributed by atoms with van der Waals surface area (Å²) in [4.78, 5) is 18.3. The molecule has 1 aromatic rings. The molecule has 20 heavy (non-hydrogen) atoms. The summed E-state index contributed by atoms with van der Waals surface area (Å²) in [6.45, 7) is 2.02. The van der Waals surface area contributed by atoms with Crippen LogP contribution in [0.1, 0.15) is 31.4 Å². The second-order valence-corrected chi connectivity index (χ2v) is 5.59. The number of anilines is 1. The van der Waals surface area contributed by atoms with Gasteiger partial charge in [0, 0.05) is 12.0 Å². The Morgan fingerprint density at radius 3 is 2.65 bits per heavy atom. The predicted molar refractivity (Wildman–Crippen MR) is 74.9 cm³/mol. The number of aromatic nitrogens is 2. The van der Waals surface area contributed by atoms with Crippen molar-refractivity contribution in [2.45, 2.75) is 32.6 Å². The monoisotopic (exact) mass is 300 g/mol. The standard InChI is InChI=1S/C12H17ClN4O3/c1-8-9(17(19)20)10(16-11(13)15-8)14-6-12(7-18)4-2-3-5-12/h18H,2-7H2,1H3,(H,14,15,16). The van der Waals surface area contributed by atoms with Gasteiger partial charge >= 0.3 is 5.69 Å². The molecule has 0 spiro atoms. The van der Waals surface area contributed by atoms with Crippen LogP contribution in [0.4, 0.5) is 11.5 Å². The molecule has 8 heteroatoms. The van der Waals surface area contributed by atoms with Crippen LogP contribution in [0.3, 0.4) is 0 Å². The second kappa shape index (κ2) is 5.88. The number of rotatable bonds is 5. The molecule has 1 aromatic heterocycles. The van der Waals surface area contributed by atoms with Crippen LogP contribution in [-0.2, 0) is 0 Å². The zero-order valence-electron chi connectivity index (χ0n) is 11.2. The molecule has 0 aromatic carbocycles. The van der Waals surface area contributed by atoms with Gasteiger partial charge in [0.1, 0.15) is 5.69 Å². The molecule has 1 aliphatic carbocycles. The molecule has 1 heterocycles. The van der Waals surface area contributed by atoms with Gasteiger partial charge in [-0.2, -0.15) is 4.98 Å². The fourth-order valence-electron chi connectivity index (χ4n) is 2.66. The van der Waals surface area contributed by atoms with Crippen LogP contribution in [0, 0.1) is 22.5 Å². The molecule has 0 aliphatic heterocycles. The van der Waals surface area contributed by atoms with Gasteiger partial charge in [0.25, 0.3) is 0 Å². The molecule has 7 nitrogen and oxygen atoms in total. The molecule has 1 aliphatic rings. The summed E-state index contributed by atoms with van der Waals surface area (Å²) < 4.78 is 0. The Kier molecular flexibility index (Phi) is 4.39. The molecule has 110 valence electrons. The first-order valence-electron chi connectivity index (χ1n) is 6.51. The van der Waals surface area contributed by atoms with Gasteiger partial charge < -0.3 is 10.4 Å². The number of nitrogens with zero attached hydrogens (tertiary/aromatic N) is 3. The average Bonchev–Trinajstić information content (AvgIpc) is 2.84. The van der Waals surface area contributed by atoms with E-state index in [1.54, 1.807) is 0 Å². The number of nitrogens with one attached hydrogen (secondary N) is 1. The zero-order valence-corrected chi connectivity index (χ0v) is 12.0. The minimum absolute atomic E-state index is 0.0277. The highest BCUT2D eigenvalue weighted by Crippen LogP contribution is 2.38. The third kappa shape index (κ3) is 2.99. The Hall–Kier alpha value is -1.47. The van der Waals surface area contributed by atoms with Crippen LogP contribution in [0.25, 0.3) is 0 Å². The summed E-state index contributed by atoms with van der Waals surface area (Å²) in [5.74, 6) is 0.118. The highest BCUT2D eigenvalue weighted by molar-refractivity contribution is 6.28. The van der Waals surface area contributed by atoms with Crippen molar-refractivity contribution in [1.29, 1.82) is 0 Å². The van der Waals surface area contributed by atoms with Gasteiger partial charge in [0.15, 0.2) is 0 Å². The maximum atomic E-state index is 11.1. The maximum absolute atomic E-state index is 11.1. The molecule has 2 N–H and O–H groups in total. The lowest BCUT2D eigenvalue weighted by molar-refractivity contribution is -0.385. The maximum Gasteiger partial charge on any atom is 0.332 e. The number of nitro groups is 1. The summed E-state index contributed by atoms with van der Waals surface area (Å²) >= 11 is 5.76. The highest BCUT2D eigenvalue weighted by atomic mass is 35.5. The van der Waals surface area contributed by atoms with E-state index in [2.05, 4.69) is 15.3 Å². The van der Waals surface area contributed by atoms with Crippen molar-refractivity contribution in [2.24, 2.45) is 5.41 Å². The second-order valence-electron chi connectivity index (χ2n) is 5.25. The smallest absolute Gasteiger partial charge is 0.332 e. The molecular formula is C12H17ClN4O3. The number of hydrogen-bond acceptors (Lipinski definition) is 6. The minimum Gasteiger partial charge on any atom is -0.396 e. The minimum atomic E-state index is -0.520. The molecule has 0 atom stereocenters. The fourth-order valence-corrected chi connectivity index (χ4v) is 2.87. The van der Waals surface area contributed by atoms with Gasteiger partial charge in [-0.1, -0.05) is 12.8 Å². The SMILES string of the molecule is Cc1nc(Cl)nc(NCC2(CO)CCCC2)c1[N+](=O)[O-]. The van der Waals surface area contributed by atoms with Crippen molar-refractivity contribution < 1.29 is 10.0 Å². The number of aliphatic hydroxyl groups excluding tert-OH is 1. The third-order valence-corrected chi connectivity index (χ3v) is 4.01. The first-order chi connectivity index (χ1) is 9.47. The van der Waals surface area contributed by atoms with Crippen molar-refractivity contribution in [1.82, 2.24) is 9.97 Å². The van der Waals surface area contributed by atoms with Gasteiger partial charge in [0.05, 0.1) is 11.5 Å². The lowest BCUT2D eigenvalue weighted by Crippen LogP contribution is -2.31. The molecule has 2 rings (SSSR count). The van der Waals surface area contributed by atoms with Gasteiger partial charge in [-0.3, -0.25) is 10.1 Å². The van der Waals surface area contributed by atoms with Crippen LogP contribution < -0.4 is 5.32 Å². The van der Waals surface area contributed by atoms with E-state index in [9.17, 15) is 15.2 Å². The Morgan fingerprint density at radius 2 is 2.10 bits per heavy atom. The lowest BCUT2D eigenvalue weighted by atomic mass is 9.87. The molecule has 0 amide bonds. The van der Waals surface area contributed by atoms with Crippen LogP contribution >= 0.6 is 11.6 Å². The average molecular weight is 301 g/mol. The van der Waals surface area contributed by atoms with Gasteiger partial charge in [-0.05, 0) is 31.4 Å². The molecule has 1 saturated carbocycles. The van der Waals surface area contributed by atoms with Gasteiger partial charge in [-0.25, -0.2) is 4.98 Å². The largest absolute Gasteiger partial charge is 0.396 e. The first-order valence-corrected chi connectivity index (χ1v) is 6.88. The Bertz CT molecular complexity index is 518. The normalized spacial score (nSPS) is 17.1. The van der Waals surface area contributed by atoms with E-state index in [0.717, 1.165) is 25.7 Å². The Labute approximate surface area is 121 Å². The van der Waals surface area contributed by atoms with E-state index in [0.29, 0.717) is 6.54 Å². The lowest BCUT2D eigenvalue weighted by Gasteiger charge is -2.26. The number of hydrogen-bond donors (Lipinski definition) is 2.